The van der Waals surface area contributed by atoms with Crippen molar-refractivity contribution in [1.82, 2.24) is 0 Å². The van der Waals surface area contributed by atoms with Crippen molar-refractivity contribution in [3.05, 3.63) is 40.8 Å². The van der Waals surface area contributed by atoms with E-state index < -0.39 is 34.1 Å². The van der Waals surface area contributed by atoms with Gasteiger partial charge in [-0.25, -0.2) is 8.42 Å². The molecule has 4 rings (SSSR count). The largest absolute Gasteiger partial charge is 0.352 e. The highest BCUT2D eigenvalue weighted by atomic mass is 32.2. The van der Waals surface area contributed by atoms with E-state index in [-0.39, 0.29) is 9.80 Å². The Labute approximate surface area is 160 Å². The Morgan fingerprint density at radius 1 is 1.11 bits per heavy atom. The summed E-state index contributed by atoms with van der Waals surface area (Å²) in [6.45, 7) is 2.24. The number of benzene rings is 1. The maximum atomic E-state index is 13.2. The van der Waals surface area contributed by atoms with E-state index in [1.54, 1.807) is 24.3 Å². The third-order valence-corrected chi connectivity index (χ3v) is 7.45. The molecule has 0 N–H and O–H groups in total. The van der Waals surface area contributed by atoms with E-state index in [2.05, 4.69) is 0 Å². The minimum absolute atomic E-state index is 0.194. The summed E-state index contributed by atoms with van der Waals surface area (Å²) in [5, 5.41) is 0. The lowest BCUT2D eigenvalue weighted by Gasteiger charge is -2.32. The molecule has 148 valence electrons. The molecule has 3 atom stereocenters. The topological polar surface area (TPSA) is 71.1 Å². The number of aryl methyl sites for hydroxylation is 1. The standard InChI is InChI=1S/C20H26O6S/c1-14-6-8-15(9-7-14)27(21,22)17-12-18(23-2)25-19(17)16-13-24-20(26-16)10-4-3-5-11-20/h6-9,12,16,18-19H,3-5,10-11,13H2,1-2H3/t16-,18+,19+/m1/s1. The molecule has 1 aromatic carbocycles. The molecule has 3 aliphatic rings. The molecule has 1 spiro atoms. The number of hydrogen-bond donors (Lipinski definition) is 0. The minimum atomic E-state index is -3.71. The van der Waals surface area contributed by atoms with Gasteiger partial charge in [-0.15, -0.1) is 0 Å². The molecule has 0 amide bonds. The van der Waals surface area contributed by atoms with Gasteiger partial charge in [0.2, 0.25) is 9.84 Å². The highest BCUT2D eigenvalue weighted by molar-refractivity contribution is 7.95. The molecule has 27 heavy (non-hydrogen) atoms. The molecule has 1 aliphatic carbocycles. The predicted octanol–water partition coefficient (Wildman–Crippen LogP) is 3.10. The Morgan fingerprint density at radius 3 is 2.48 bits per heavy atom. The third-order valence-electron chi connectivity index (χ3n) is 5.57. The van der Waals surface area contributed by atoms with E-state index in [0.717, 1.165) is 31.2 Å². The summed E-state index contributed by atoms with van der Waals surface area (Å²) in [5.74, 6) is -0.587. The molecule has 0 aromatic heterocycles. The molecule has 1 saturated carbocycles. The number of rotatable bonds is 4. The van der Waals surface area contributed by atoms with Gasteiger partial charge in [-0.05, 0) is 38.0 Å². The van der Waals surface area contributed by atoms with Crippen LogP contribution in [0.15, 0.2) is 40.1 Å². The number of sulfone groups is 1. The zero-order chi connectivity index (χ0) is 19.1. The van der Waals surface area contributed by atoms with Crippen LogP contribution < -0.4 is 0 Å². The van der Waals surface area contributed by atoms with Gasteiger partial charge in [0, 0.05) is 20.0 Å². The van der Waals surface area contributed by atoms with E-state index >= 15 is 0 Å². The van der Waals surface area contributed by atoms with E-state index in [1.807, 2.05) is 6.92 Å². The summed E-state index contributed by atoms with van der Waals surface area (Å²) < 4.78 is 49.8. The SMILES string of the molecule is CO[C@@H]1C=C(S(=O)(=O)c2ccc(C)cc2)[C@H]([C@H]2COC3(CCCCC3)O2)O1. The van der Waals surface area contributed by atoms with E-state index in [0.29, 0.717) is 6.61 Å². The fourth-order valence-electron chi connectivity index (χ4n) is 4.05. The first-order valence-corrected chi connectivity index (χ1v) is 11.0. The molecule has 0 bridgehead atoms. The van der Waals surface area contributed by atoms with Gasteiger partial charge in [-0.1, -0.05) is 24.1 Å². The second-order valence-corrected chi connectivity index (χ2v) is 9.43. The fraction of sp³-hybridized carbons (Fsp3) is 0.600. The average Bonchev–Trinajstić information content (AvgIpc) is 3.28. The number of ether oxygens (including phenoxy) is 4. The van der Waals surface area contributed by atoms with Crippen molar-refractivity contribution in [3.8, 4) is 0 Å². The van der Waals surface area contributed by atoms with Crippen molar-refractivity contribution in [2.24, 2.45) is 0 Å². The second kappa shape index (κ2) is 7.29. The average molecular weight is 394 g/mol. The summed E-state index contributed by atoms with van der Waals surface area (Å²) in [6.07, 6.45) is 4.61. The lowest BCUT2D eigenvalue weighted by Crippen LogP contribution is -2.38. The molecular weight excluding hydrogens is 368 g/mol. The quantitative estimate of drug-likeness (QED) is 0.782. The van der Waals surface area contributed by atoms with Gasteiger partial charge in [-0.3, -0.25) is 0 Å². The molecule has 0 radical (unpaired) electrons. The molecule has 6 nitrogen and oxygen atoms in total. The molecule has 2 fully saturated rings. The van der Waals surface area contributed by atoms with Crippen LogP contribution in [0.2, 0.25) is 0 Å². The smallest absolute Gasteiger partial charge is 0.205 e. The molecule has 1 saturated heterocycles. The lowest BCUT2D eigenvalue weighted by molar-refractivity contribution is -0.203. The van der Waals surface area contributed by atoms with Crippen LogP contribution in [-0.2, 0) is 28.8 Å². The maximum Gasteiger partial charge on any atom is 0.205 e. The summed E-state index contributed by atoms with van der Waals surface area (Å²) in [7, 11) is -2.21. The van der Waals surface area contributed by atoms with Crippen LogP contribution in [0.5, 0.6) is 0 Å². The van der Waals surface area contributed by atoms with Crippen molar-refractivity contribution in [2.75, 3.05) is 13.7 Å². The Balaban J connectivity index is 1.61. The van der Waals surface area contributed by atoms with E-state index in [4.69, 9.17) is 18.9 Å². The Bertz CT molecular complexity index is 807. The van der Waals surface area contributed by atoms with Gasteiger partial charge in [0.05, 0.1) is 16.4 Å². The highest BCUT2D eigenvalue weighted by Crippen LogP contribution is 2.42. The Kier molecular flexibility index (Phi) is 5.16. The maximum absolute atomic E-state index is 13.2. The van der Waals surface area contributed by atoms with Crippen molar-refractivity contribution in [1.29, 1.82) is 0 Å². The van der Waals surface area contributed by atoms with Gasteiger partial charge in [0.15, 0.2) is 12.1 Å². The zero-order valence-electron chi connectivity index (χ0n) is 15.7. The molecule has 0 unspecified atom stereocenters. The Morgan fingerprint density at radius 2 is 1.81 bits per heavy atom. The van der Waals surface area contributed by atoms with Crippen molar-refractivity contribution in [3.63, 3.8) is 0 Å². The molecule has 2 heterocycles. The van der Waals surface area contributed by atoms with Gasteiger partial charge in [0.25, 0.3) is 0 Å². The molecular formula is C20H26O6S. The van der Waals surface area contributed by atoms with Gasteiger partial charge in [-0.2, -0.15) is 0 Å². The normalized spacial score (nSPS) is 30.6. The predicted molar refractivity (Wildman–Crippen MR) is 98.8 cm³/mol. The second-order valence-electron chi connectivity index (χ2n) is 7.48. The van der Waals surface area contributed by atoms with E-state index in [9.17, 15) is 8.42 Å². The molecule has 1 aromatic rings. The fourth-order valence-corrected chi connectivity index (χ4v) is 5.62. The van der Waals surface area contributed by atoms with Gasteiger partial charge < -0.3 is 18.9 Å². The number of methoxy groups -OCH3 is 1. The molecule has 2 aliphatic heterocycles. The summed E-state index contributed by atoms with van der Waals surface area (Å²) >= 11 is 0. The minimum Gasteiger partial charge on any atom is -0.352 e. The summed E-state index contributed by atoms with van der Waals surface area (Å²) in [5.41, 5.74) is 1.00. The monoisotopic (exact) mass is 394 g/mol. The van der Waals surface area contributed by atoms with Crippen LogP contribution >= 0.6 is 0 Å². The van der Waals surface area contributed by atoms with Gasteiger partial charge >= 0.3 is 0 Å². The van der Waals surface area contributed by atoms with Crippen LogP contribution in [0.4, 0.5) is 0 Å². The van der Waals surface area contributed by atoms with Crippen LogP contribution in [0, 0.1) is 6.92 Å². The zero-order valence-corrected chi connectivity index (χ0v) is 16.5. The first-order chi connectivity index (χ1) is 12.9. The summed E-state index contributed by atoms with van der Waals surface area (Å²) in [6, 6.07) is 6.82. The summed E-state index contributed by atoms with van der Waals surface area (Å²) in [4.78, 5) is 0.440. The third kappa shape index (κ3) is 3.59. The molecule has 7 heteroatoms. The van der Waals surface area contributed by atoms with Crippen molar-refractivity contribution < 1.29 is 27.4 Å². The van der Waals surface area contributed by atoms with Gasteiger partial charge in [0.1, 0.15) is 12.2 Å². The first-order valence-electron chi connectivity index (χ1n) is 9.47. The Hall–Kier alpha value is -1.25. The van der Waals surface area contributed by atoms with Crippen LogP contribution in [0.3, 0.4) is 0 Å². The van der Waals surface area contributed by atoms with Crippen molar-refractivity contribution in [2.45, 2.75) is 68.2 Å². The lowest BCUT2D eigenvalue weighted by atomic mass is 9.94. The van der Waals surface area contributed by atoms with Crippen LogP contribution in [0.1, 0.15) is 37.7 Å². The van der Waals surface area contributed by atoms with Crippen molar-refractivity contribution >= 4 is 9.84 Å². The van der Waals surface area contributed by atoms with Crippen LogP contribution in [0.25, 0.3) is 0 Å². The van der Waals surface area contributed by atoms with Crippen LogP contribution in [-0.4, -0.2) is 46.4 Å². The van der Waals surface area contributed by atoms with E-state index in [1.165, 1.54) is 19.6 Å². The number of hydrogen-bond acceptors (Lipinski definition) is 6. The highest BCUT2D eigenvalue weighted by Gasteiger charge is 2.50. The first kappa shape index (κ1) is 19.1.